The molecule has 1 heterocycles. The van der Waals surface area contributed by atoms with Crippen LogP contribution in [-0.4, -0.2) is 22.6 Å². The number of thiocarbonyl (C=S) groups is 1. The molecule has 32 heavy (non-hydrogen) atoms. The van der Waals surface area contributed by atoms with Gasteiger partial charge >= 0.3 is 0 Å². The number of hydrogen-bond acceptors (Lipinski definition) is 5. The number of benzene rings is 3. The summed E-state index contributed by atoms with van der Waals surface area (Å²) in [5.41, 5.74) is 2.95. The molecule has 1 aromatic heterocycles. The third kappa shape index (κ3) is 5.24. The number of rotatable bonds is 6. The van der Waals surface area contributed by atoms with Crippen LogP contribution in [0, 0.1) is 0 Å². The van der Waals surface area contributed by atoms with E-state index in [4.69, 9.17) is 28.6 Å². The lowest BCUT2D eigenvalue weighted by Gasteiger charge is -2.11. The summed E-state index contributed by atoms with van der Waals surface area (Å²) >= 11 is 13.4. The van der Waals surface area contributed by atoms with Gasteiger partial charge in [-0.3, -0.25) is 10.1 Å². The molecule has 2 N–H and O–H groups in total. The molecule has 162 valence electrons. The summed E-state index contributed by atoms with van der Waals surface area (Å²) in [5.74, 6) is 0.425. The zero-order valence-electron chi connectivity index (χ0n) is 17.2. The molecule has 8 heteroatoms. The van der Waals surface area contributed by atoms with Crippen molar-refractivity contribution in [3.63, 3.8) is 0 Å². The van der Waals surface area contributed by atoms with Crippen LogP contribution in [0.15, 0.2) is 66.7 Å². The van der Waals surface area contributed by atoms with Crippen LogP contribution < -0.4 is 15.4 Å². The fraction of sp³-hybridized carbons (Fsp3) is 0.125. The lowest BCUT2D eigenvalue weighted by Crippen LogP contribution is -2.34. The van der Waals surface area contributed by atoms with Crippen molar-refractivity contribution in [2.24, 2.45) is 0 Å². The average molecular weight is 482 g/mol. The Morgan fingerprint density at radius 2 is 1.91 bits per heavy atom. The number of para-hydroxylation sites is 1. The largest absolute Gasteiger partial charge is 0.494 e. The predicted octanol–water partition coefficient (Wildman–Crippen LogP) is 6.53. The van der Waals surface area contributed by atoms with Gasteiger partial charge in [-0.05, 0) is 73.2 Å². The highest BCUT2D eigenvalue weighted by molar-refractivity contribution is 7.80. The van der Waals surface area contributed by atoms with Crippen molar-refractivity contribution in [3.8, 4) is 16.3 Å². The van der Waals surface area contributed by atoms with Gasteiger partial charge in [-0.25, -0.2) is 4.98 Å². The number of hydrogen-bond donors (Lipinski definition) is 2. The van der Waals surface area contributed by atoms with Crippen molar-refractivity contribution in [2.45, 2.75) is 13.3 Å². The van der Waals surface area contributed by atoms with E-state index >= 15 is 0 Å². The monoisotopic (exact) mass is 481 g/mol. The van der Waals surface area contributed by atoms with Crippen LogP contribution >= 0.6 is 35.2 Å². The average Bonchev–Trinajstić information content (AvgIpc) is 3.22. The molecule has 0 atom stereocenters. The van der Waals surface area contributed by atoms with Crippen molar-refractivity contribution < 1.29 is 9.53 Å². The summed E-state index contributed by atoms with van der Waals surface area (Å²) in [6.45, 7) is 2.68. The second-order valence-electron chi connectivity index (χ2n) is 6.96. The standard InChI is InChI=1S/C24H20ClN3O2S2/c1-2-13-30-17-10-7-15(8-11-17)22(29)28-24(31)26-16-9-12-18(19(25)14-16)23-27-20-5-3-4-6-21(20)32-23/h3-12,14H,2,13H2,1H3,(H2,26,28,29,31). The number of nitrogens with zero attached hydrogens (tertiary/aromatic N) is 1. The molecule has 5 nitrogen and oxygen atoms in total. The third-order valence-corrected chi connectivity index (χ3v) is 6.15. The van der Waals surface area contributed by atoms with Crippen molar-refractivity contribution in [1.82, 2.24) is 10.3 Å². The summed E-state index contributed by atoms with van der Waals surface area (Å²) in [5, 5.41) is 7.26. The maximum absolute atomic E-state index is 12.4. The number of anilines is 1. The highest BCUT2D eigenvalue weighted by Crippen LogP contribution is 2.35. The molecule has 4 rings (SSSR count). The minimum absolute atomic E-state index is 0.185. The topological polar surface area (TPSA) is 63.2 Å². The van der Waals surface area contributed by atoms with Gasteiger partial charge in [0, 0.05) is 16.8 Å². The van der Waals surface area contributed by atoms with E-state index in [-0.39, 0.29) is 11.0 Å². The van der Waals surface area contributed by atoms with Crippen LogP contribution in [0.25, 0.3) is 20.8 Å². The first kappa shape index (κ1) is 22.2. The molecule has 0 fully saturated rings. The van der Waals surface area contributed by atoms with Crippen LogP contribution in [0.2, 0.25) is 5.02 Å². The molecule has 0 aliphatic rings. The Bertz CT molecular complexity index is 1240. The molecular weight excluding hydrogens is 462 g/mol. The van der Waals surface area contributed by atoms with Gasteiger partial charge in [0.2, 0.25) is 0 Å². The van der Waals surface area contributed by atoms with Gasteiger partial charge in [0.25, 0.3) is 5.91 Å². The Morgan fingerprint density at radius 3 is 2.62 bits per heavy atom. The van der Waals surface area contributed by atoms with Crippen LogP contribution in [-0.2, 0) is 0 Å². The Hall–Kier alpha value is -3.00. The molecule has 0 aliphatic heterocycles. The molecule has 3 aromatic carbocycles. The summed E-state index contributed by atoms with van der Waals surface area (Å²) in [6, 6.07) is 20.4. The quantitative estimate of drug-likeness (QED) is 0.306. The number of carbonyl (C=O) groups excluding carboxylic acids is 1. The second kappa shape index (κ2) is 10.1. The first-order chi connectivity index (χ1) is 15.5. The molecule has 0 radical (unpaired) electrons. The number of halogens is 1. The smallest absolute Gasteiger partial charge is 0.257 e. The Labute approximate surface area is 200 Å². The molecule has 0 aliphatic carbocycles. The molecule has 0 bridgehead atoms. The van der Waals surface area contributed by atoms with E-state index < -0.39 is 0 Å². The minimum Gasteiger partial charge on any atom is -0.494 e. The minimum atomic E-state index is -0.304. The van der Waals surface area contributed by atoms with E-state index in [9.17, 15) is 4.79 Å². The number of carbonyl (C=O) groups is 1. The van der Waals surface area contributed by atoms with E-state index in [0.717, 1.165) is 33.0 Å². The second-order valence-corrected chi connectivity index (χ2v) is 8.81. The molecule has 0 saturated carbocycles. The lowest BCUT2D eigenvalue weighted by atomic mass is 10.2. The van der Waals surface area contributed by atoms with Crippen LogP contribution in [0.1, 0.15) is 23.7 Å². The molecule has 1 amide bonds. The zero-order valence-corrected chi connectivity index (χ0v) is 19.6. The van der Waals surface area contributed by atoms with Gasteiger partial charge in [-0.15, -0.1) is 11.3 Å². The van der Waals surface area contributed by atoms with Crippen LogP contribution in [0.3, 0.4) is 0 Å². The number of fused-ring (bicyclic) bond motifs is 1. The highest BCUT2D eigenvalue weighted by Gasteiger charge is 2.12. The van der Waals surface area contributed by atoms with Crippen molar-refractivity contribution in [1.29, 1.82) is 0 Å². The zero-order chi connectivity index (χ0) is 22.5. The van der Waals surface area contributed by atoms with E-state index in [1.54, 1.807) is 41.7 Å². The lowest BCUT2D eigenvalue weighted by molar-refractivity contribution is 0.0977. The third-order valence-electron chi connectivity index (χ3n) is 4.57. The summed E-state index contributed by atoms with van der Waals surface area (Å²) in [4.78, 5) is 17.1. The maximum Gasteiger partial charge on any atom is 0.257 e. The highest BCUT2D eigenvalue weighted by atomic mass is 35.5. The van der Waals surface area contributed by atoms with Crippen LogP contribution in [0.5, 0.6) is 5.75 Å². The summed E-state index contributed by atoms with van der Waals surface area (Å²) < 4.78 is 6.64. The van der Waals surface area contributed by atoms with E-state index in [1.807, 2.05) is 43.3 Å². The van der Waals surface area contributed by atoms with Gasteiger partial charge < -0.3 is 10.1 Å². The van der Waals surface area contributed by atoms with Gasteiger partial charge in [0.05, 0.1) is 21.8 Å². The van der Waals surface area contributed by atoms with E-state index in [0.29, 0.717) is 22.9 Å². The fourth-order valence-electron chi connectivity index (χ4n) is 3.01. The fourth-order valence-corrected chi connectivity index (χ4v) is 4.56. The van der Waals surface area contributed by atoms with Crippen molar-refractivity contribution in [3.05, 3.63) is 77.3 Å². The first-order valence-corrected chi connectivity index (χ1v) is 11.6. The Kier molecular flexibility index (Phi) is 6.99. The first-order valence-electron chi connectivity index (χ1n) is 10.0. The van der Waals surface area contributed by atoms with Gasteiger partial charge in [-0.2, -0.15) is 0 Å². The predicted molar refractivity (Wildman–Crippen MR) is 136 cm³/mol. The molecule has 4 aromatic rings. The number of amides is 1. The van der Waals surface area contributed by atoms with Crippen molar-refractivity contribution >= 4 is 62.1 Å². The van der Waals surface area contributed by atoms with Crippen LogP contribution in [0.4, 0.5) is 5.69 Å². The molecule has 0 spiro atoms. The molecular formula is C24H20ClN3O2S2. The van der Waals surface area contributed by atoms with Gasteiger partial charge in [0.1, 0.15) is 10.8 Å². The summed E-state index contributed by atoms with van der Waals surface area (Å²) in [6.07, 6.45) is 0.924. The number of aromatic nitrogens is 1. The number of thiazole rings is 1. The Morgan fingerprint density at radius 1 is 1.12 bits per heavy atom. The van der Waals surface area contributed by atoms with E-state index in [1.165, 1.54) is 0 Å². The maximum atomic E-state index is 12.4. The SMILES string of the molecule is CCCOc1ccc(C(=O)NC(=S)Nc2ccc(-c3nc4ccccc4s3)c(Cl)c2)cc1. The van der Waals surface area contributed by atoms with Crippen molar-refractivity contribution in [2.75, 3.05) is 11.9 Å². The number of ether oxygens (including phenoxy) is 1. The molecule has 0 saturated heterocycles. The van der Waals surface area contributed by atoms with Gasteiger partial charge in [-0.1, -0.05) is 30.7 Å². The summed E-state index contributed by atoms with van der Waals surface area (Å²) in [7, 11) is 0. The normalized spacial score (nSPS) is 10.7. The van der Waals surface area contributed by atoms with Gasteiger partial charge in [0.15, 0.2) is 5.11 Å². The van der Waals surface area contributed by atoms with E-state index in [2.05, 4.69) is 15.6 Å². The number of nitrogens with one attached hydrogen (secondary N) is 2. The molecule has 0 unspecified atom stereocenters. The Balaban J connectivity index is 1.40.